The predicted octanol–water partition coefficient (Wildman–Crippen LogP) is 2.94. The van der Waals surface area contributed by atoms with Crippen molar-refractivity contribution in [3.05, 3.63) is 33.3 Å². The van der Waals surface area contributed by atoms with Gasteiger partial charge in [0.2, 0.25) is 0 Å². The van der Waals surface area contributed by atoms with Crippen molar-refractivity contribution in [1.82, 2.24) is 10.2 Å². The number of halogens is 2. The molecule has 0 aromatic heterocycles. The predicted molar refractivity (Wildman–Crippen MR) is 88.0 cm³/mol. The molecule has 1 aliphatic rings. The Morgan fingerprint density at radius 1 is 1.57 bits per heavy atom. The molecule has 1 aromatic carbocycles. The van der Waals surface area contributed by atoms with Gasteiger partial charge in [-0.2, -0.15) is 0 Å². The second-order valence-electron chi connectivity index (χ2n) is 5.16. The average Bonchev–Trinajstić information content (AvgIpc) is 2.95. The van der Waals surface area contributed by atoms with Crippen molar-refractivity contribution in [3.63, 3.8) is 0 Å². The Kier molecular flexibility index (Phi) is 6.48. The standard InChI is InChI=1S/C15H20BrClN2O2/c1-21-8-7-19(10-12-3-2-6-18-12)15(20)13-5-4-11(16)9-14(13)17/h4-5,9,12,18H,2-3,6-8,10H2,1H3. The van der Waals surface area contributed by atoms with Crippen LogP contribution in [0.25, 0.3) is 0 Å². The van der Waals surface area contributed by atoms with Crippen molar-refractivity contribution < 1.29 is 9.53 Å². The first-order chi connectivity index (χ1) is 10.1. The first kappa shape index (κ1) is 16.7. The third-order valence-corrected chi connectivity index (χ3v) is 4.42. The van der Waals surface area contributed by atoms with Gasteiger partial charge in [-0.05, 0) is 37.6 Å². The number of hydrogen-bond donors (Lipinski definition) is 1. The maximum Gasteiger partial charge on any atom is 0.255 e. The summed E-state index contributed by atoms with van der Waals surface area (Å²) in [5.41, 5.74) is 0.536. The molecule has 2 rings (SSSR count). The highest BCUT2D eigenvalue weighted by atomic mass is 79.9. The van der Waals surface area contributed by atoms with Gasteiger partial charge in [0.15, 0.2) is 0 Å². The number of amides is 1. The summed E-state index contributed by atoms with van der Waals surface area (Å²) < 4.78 is 5.98. The third kappa shape index (κ3) is 4.68. The molecule has 1 atom stereocenters. The van der Waals surface area contributed by atoms with Crippen molar-refractivity contribution >= 4 is 33.4 Å². The van der Waals surface area contributed by atoms with Crippen molar-refractivity contribution in [1.29, 1.82) is 0 Å². The van der Waals surface area contributed by atoms with E-state index in [1.54, 1.807) is 19.2 Å². The number of methoxy groups -OCH3 is 1. The Hall–Kier alpha value is -0.620. The number of benzene rings is 1. The zero-order valence-electron chi connectivity index (χ0n) is 12.1. The number of nitrogens with zero attached hydrogens (tertiary/aromatic N) is 1. The smallest absolute Gasteiger partial charge is 0.255 e. The summed E-state index contributed by atoms with van der Waals surface area (Å²) in [7, 11) is 1.64. The van der Waals surface area contributed by atoms with E-state index in [0.29, 0.717) is 36.3 Å². The molecule has 1 aliphatic heterocycles. The SMILES string of the molecule is COCCN(CC1CCCN1)C(=O)c1ccc(Br)cc1Cl. The van der Waals surface area contributed by atoms with Crippen LogP contribution in [0.4, 0.5) is 0 Å². The number of hydrogen-bond acceptors (Lipinski definition) is 3. The molecule has 0 aliphatic carbocycles. The normalized spacial score (nSPS) is 18.0. The number of carbonyl (C=O) groups is 1. The fourth-order valence-corrected chi connectivity index (χ4v) is 3.24. The van der Waals surface area contributed by atoms with Gasteiger partial charge in [0.05, 0.1) is 17.2 Å². The lowest BCUT2D eigenvalue weighted by molar-refractivity contribution is 0.0679. The van der Waals surface area contributed by atoms with Gasteiger partial charge >= 0.3 is 0 Å². The Morgan fingerprint density at radius 2 is 2.38 bits per heavy atom. The fraction of sp³-hybridized carbons (Fsp3) is 0.533. The minimum absolute atomic E-state index is 0.0433. The topological polar surface area (TPSA) is 41.6 Å². The number of ether oxygens (including phenoxy) is 1. The maximum atomic E-state index is 12.7. The lowest BCUT2D eigenvalue weighted by Gasteiger charge is -2.26. The number of rotatable bonds is 6. The zero-order chi connectivity index (χ0) is 15.2. The van der Waals surface area contributed by atoms with E-state index >= 15 is 0 Å². The molecule has 1 heterocycles. The fourth-order valence-electron chi connectivity index (χ4n) is 2.49. The molecule has 1 amide bonds. The van der Waals surface area contributed by atoms with Gasteiger partial charge < -0.3 is 15.0 Å². The van der Waals surface area contributed by atoms with Crippen molar-refractivity contribution in [2.24, 2.45) is 0 Å². The molecule has 1 unspecified atom stereocenters. The number of carbonyl (C=O) groups excluding carboxylic acids is 1. The molecule has 6 heteroatoms. The minimum Gasteiger partial charge on any atom is -0.383 e. The summed E-state index contributed by atoms with van der Waals surface area (Å²) in [6.07, 6.45) is 2.26. The Labute approximate surface area is 138 Å². The van der Waals surface area contributed by atoms with E-state index < -0.39 is 0 Å². The van der Waals surface area contributed by atoms with Gasteiger partial charge in [0.25, 0.3) is 5.91 Å². The van der Waals surface area contributed by atoms with Gasteiger partial charge in [0.1, 0.15) is 0 Å². The van der Waals surface area contributed by atoms with E-state index in [4.69, 9.17) is 16.3 Å². The van der Waals surface area contributed by atoms with E-state index in [1.165, 1.54) is 0 Å². The van der Waals surface area contributed by atoms with Gasteiger partial charge in [-0.3, -0.25) is 4.79 Å². The van der Waals surface area contributed by atoms with E-state index in [9.17, 15) is 4.79 Å². The highest BCUT2D eigenvalue weighted by Gasteiger charge is 2.23. The Morgan fingerprint density at radius 3 is 3.00 bits per heavy atom. The molecule has 0 radical (unpaired) electrons. The highest BCUT2D eigenvalue weighted by Crippen LogP contribution is 2.23. The molecule has 21 heavy (non-hydrogen) atoms. The Bertz CT molecular complexity index is 493. The summed E-state index contributed by atoms with van der Waals surface area (Å²) >= 11 is 9.55. The van der Waals surface area contributed by atoms with Crippen molar-refractivity contribution in [2.45, 2.75) is 18.9 Å². The van der Waals surface area contributed by atoms with Crippen molar-refractivity contribution in [2.75, 3.05) is 33.4 Å². The molecule has 0 spiro atoms. The van der Waals surface area contributed by atoms with Crippen LogP contribution in [0, 0.1) is 0 Å². The van der Waals surface area contributed by atoms with Crippen LogP contribution in [0.2, 0.25) is 5.02 Å². The summed E-state index contributed by atoms with van der Waals surface area (Å²) in [6, 6.07) is 5.70. The first-order valence-electron chi connectivity index (χ1n) is 7.08. The summed E-state index contributed by atoms with van der Waals surface area (Å²) in [5, 5.41) is 3.89. The van der Waals surface area contributed by atoms with Crippen molar-refractivity contribution in [3.8, 4) is 0 Å². The van der Waals surface area contributed by atoms with Crippen LogP contribution >= 0.6 is 27.5 Å². The first-order valence-corrected chi connectivity index (χ1v) is 8.25. The summed E-state index contributed by atoms with van der Waals surface area (Å²) in [5.74, 6) is -0.0433. The molecule has 4 nitrogen and oxygen atoms in total. The Balaban J connectivity index is 2.11. The van der Waals surface area contributed by atoms with Crippen LogP contribution < -0.4 is 5.32 Å². The average molecular weight is 376 g/mol. The van der Waals surface area contributed by atoms with E-state index in [1.807, 2.05) is 11.0 Å². The molecule has 0 bridgehead atoms. The van der Waals surface area contributed by atoms with E-state index in [2.05, 4.69) is 21.2 Å². The van der Waals surface area contributed by atoms with Crippen LogP contribution in [0.5, 0.6) is 0 Å². The van der Waals surface area contributed by atoms with Gasteiger partial charge in [-0.1, -0.05) is 27.5 Å². The molecule has 1 saturated heterocycles. The quantitative estimate of drug-likeness (QED) is 0.831. The highest BCUT2D eigenvalue weighted by molar-refractivity contribution is 9.10. The summed E-state index contributed by atoms with van der Waals surface area (Å²) in [4.78, 5) is 14.5. The van der Waals surface area contributed by atoms with E-state index in [-0.39, 0.29) is 5.91 Å². The monoisotopic (exact) mass is 374 g/mol. The largest absolute Gasteiger partial charge is 0.383 e. The van der Waals surface area contributed by atoms with Crippen LogP contribution in [-0.4, -0.2) is 50.2 Å². The zero-order valence-corrected chi connectivity index (χ0v) is 14.4. The second kappa shape index (κ2) is 8.13. The van der Waals surface area contributed by atoms with Crippen LogP contribution in [0.1, 0.15) is 23.2 Å². The molecule has 0 saturated carbocycles. The molecule has 1 aromatic rings. The van der Waals surface area contributed by atoms with Crippen LogP contribution in [-0.2, 0) is 4.74 Å². The third-order valence-electron chi connectivity index (χ3n) is 3.62. The van der Waals surface area contributed by atoms with Gasteiger partial charge in [-0.25, -0.2) is 0 Å². The molecule has 1 N–H and O–H groups in total. The molecule has 116 valence electrons. The van der Waals surface area contributed by atoms with E-state index in [0.717, 1.165) is 23.9 Å². The molecule has 1 fully saturated rings. The second-order valence-corrected chi connectivity index (χ2v) is 6.48. The molecular weight excluding hydrogens is 356 g/mol. The van der Waals surface area contributed by atoms with Crippen LogP contribution in [0.15, 0.2) is 22.7 Å². The maximum absolute atomic E-state index is 12.7. The van der Waals surface area contributed by atoms with Gasteiger partial charge in [0, 0.05) is 30.7 Å². The van der Waals surface area contributed by atoms with Crippen LogP contribution in [0.3, 0.4) is 0 Å². The lowest BCUT2D eigenvalue weighted by Crippen LogP contribution is -2.42. The molecular formula is C15H20BrClN2O2. The minimum atomic E-state index is -0.0433. The lowest BCUT2D eigenvalue weighted by atomic mass is 10.1. The summed E-state index contributed by atoms with van der Waals surface area (Å²) in [6.45, 7) is 2.80. The number of nitrogens with one attached hydrogen (secondary N) is 1. The van der Waals surface area contributed by atoms with Gasteiger partial charge in [-0.15, -0.1) is 0 Å².